The summed E-state index contributed by atoms with van der Waals surface area (Å²) in [6, 6.07) is 0.522. The summed E-state index contributed by atoms with van der Waals surface area (Å²) < 4.78 is 11.3. The van der Waals surface area contributed by atoms with Crippen LogP contribution in [0, 0.1) is 0 Å². The molecular weight excluding hydrogens is 220 g/mol. The molecule has 1 unspecified atom stereocenters. The number of unbranched alkanes of at least 4 members (excludes halogenated alkanes) is 3. The fourth-order valence-corrected chi connectivity index (χ4v) is 3.35. The van der Waals surface area contributed by atoms with Gasteiger partial charge in [-0.05, 0) is 6.42 Å². The number of nitrogens with zero attached hydrogens (tertiary/aromatic N) is 1. The van der Waals surface area contributed by atoms with Crippen molar-refractivity contribution in [1.29, 1.82) is 0 Å². The van der Waals surface area contributed by atoms with Crippen LogP contribution >= 0.6 is 0 Å². The van der Waals surface area contributed by atoms with E-state index in [2.05, 4.69) is 11.8 Å². The van der Waals surface area contributed by atoms with Crippen LogP contribution in [0.2, 0.25) is 0 Å². The van der Waals surface area contributed by atoms with E-state index in [1.54, 1.807) is 0 Å². The van der Waals surface area contributed by atoms with Crippen molar-refractivity contribution in [2.45, 2.75) is 45.1 Å². The van der Waals surface area contributed by atoms with Crippen molar-refractivity contribution in [1.82, 2.24) is 4.90 Å². The molecule has 0 spiro atoms. The second-order valence-electron chi connectivity index (χ2n) is 4.62. The van der Waals surface area contributed by atoms with Gasteiger partial charge in [0.1, 0.15) is 0 Å². The summed E-state index contributed by atoms with van der Waals surface area (Å²) in [5.74, 6) is 1.68. The minimum atomic E-state index is -0.571. The fraction of sp³-hybridized carbons (Fsp3) is 1.00. The van der Waals surface area contributed by atoms with E-state index in [1.807, 2.05) is 0 Å². The van der Waals surface area contributed by atoms with E-state index in [9.17, 15) is 4.21 Å². The van der Waals surface area contributed by atoms with Gasteiger partial charge in [0.15, 0.2) is 0 Å². The summed E-state index contributed by atoms with van der Waals surface area (Å²) >= 11 is 0. The molecule has 1 atom stereocenters. The normalized spacial score (nSPS) is 21.1. The first-order valence-electron chi connectivity index (χ1n) is 6.57. The Kier molecular flexibility index (Phi) is 7.25. The number of rotatable bonds is 7. The predicted octanol–water partition coefficient (Wildman–Crippen LogP) is 1.35. The first-order chi connectivity index (χ1) is 7.77. The molecule has 0 aliphatic carbocycles. The van der Waals surface area contributed by atoms with Crippen molar-refractivity contribution >= 4 is 10.8 Å². The summed E-state index contributed by atoms with van der Waals surface area (Å²) in [4.78, 5) is 2.44. The minimum Gasteiger partial charge on any atom is -0.329 e. The zero-order valence-corrected chi connectivity index (χ0v) is 11.3. The van der Waals surface area contributed by atoms with Crippen molar-refractivity contribution < 1.29 is 4.21 Å². The molecule has 0 bridgehead atoms. The van der Waals surface area contributed by atoms with Crippen molar-refractivity contribution in [3.8, 4) is 0 Å². The Morgan fingerprint density at radius 1 is 1.25 bits per heavy atom. The summed E-state index contributed by atoms with van der Waals surface area (Å²) in [6.45, 7) is 4.93. The second kappa shape index (κ2) is 8.20. The van der Waals surface area contributed by atoms with Crippen LogP contribution in [0.15, 0.2) is 0 Å². The van der Waals surface area contributed by atoms with Gasteiger partial charge in [0, 0.05) is 48.0 Å². The molecule has 3 nitrogen and oxygen atoms in total. The average molecular weight is 246 g/mol. The van der Waals surface area contributed by atoms with Crippen molar-refractivity contribution in [2.75, 3.05) is 31.1 Å². The average Bonchev–Trinajstić information content (AvgIpc) is 2.31. The monoisotopic (exact) mass is 246 g/mol. The Hall–Kier alpha value is 0.0700. The summed E-state index contributed by atoms with van der Waals surface area (Å²) in [5.41, 5.74) is 5.84. The van der Waals surface area contributed by atoms with Crippen LogP contribution in [-0.2, 0) is 10.8 Å². The Balaban J connectivity index is 2.22. The van der Waals surface area contributed by atoms with Gasteiger partial charge in [-0.3, -0.25) is 9.11 Å². The lowest BCUT2D eigenvalue weighted by Crippen LogP contribution is -2.47. The summed E-state index contributed by atoms with van der Waals surface area (Å²) in [6.07, 6.45) is 6.45. The predicted molar refractivity (Wildman–Crippen MR) is 71.1 cm³/mol. The first-order valence-corrected chi connectivity index (χ1v) is 8.05. The Morgan fingerprint density at radius 3 is 2.50 bits per heavy atom. The lowest BCUT2D eigenvalue weighted by atomic mass is 10.1. The molecule has 96 valence electrons. The molecule has 0 aromatic heterocycles. The zero-order valence-electron chi connectivity index (χ0n) is 10.5. The highest BCUT2D eigenvalue weighted by atomic mass is 32.2. The fourth-order valence-electron chi connectivity index (χ4n) is 2.27. The molecule has 1 aliphatic rings. The number of hydrogen-bond acceptors (Lipinski definition) is 3. The van der Waals surface area contributed by atoms with Gasteiger partial charge in [0.2, 0.25) is 0 Å². The van der Waals surface area contributed by atoms with Crippen LogP contribution in [0.5, 0.6) is 0 Å². The first kappa shape index (κ1) is 14.1. The molecule has 0 amide bonds. The van der Waals surface area contributed by atoms with Crippen LogP contribution in [0.3, 0.4) is 0 Å². The highest BCUT2D eigenvalue weighted by molar-refractivity contribution is 7.85. The molecule has 2 N–H and O–H groups in total. The molecule has 16 heavy (non-hydrogen) atoms. The van der Waals surface area contributed by atoms with E-state index in [-0.39, 0.29) is 0 Å². The summed E-state index contributed by atoms with van der Waals surface area (Å²) in [7, 11) is -0.571. The van der Waals surface area contributed by atoms with E-state index in [0.29, 0.717) is 6.04 Å². The summed E-state index contributed by atoms with van der Waals surface area (Å²) in [5, 5.41) is 0. The topological polar surface area (TPSA) is 46.3 Å². The second-order valence-corrected chi connectivity index (χ2v) is 6.32. The molecule has 4 heteroatoms. The maximum absolute atomic E-state index is 11.3. The van der Waals surface area contributed by atoms with Gasteiger partial charge in [-0.1, -0.05) is 32.6 Å². The van der Waals surface area contributed by atoms with Gasteiger partial charge >= 0.3 is 0 Å². The molecule has 0 aromatic carbocycles. The van der Waals surface area contributed by atoms with E-state index in [4.69, 9.17) is 5.73 Å². The van der Waals surface area contributed by atoms with Crippen LogP contribution in [0.4, 0.5) is 0 Å². The van der Waals surface area contributed by atoms with Crippen LogP contribution < -0.4 is 5.73 Å². The highest BCUT2D eigenvalue weighted by Crippen LogP contribution is 2.12. The van der Waals surface area contributed by atoms with E-state index in [1.165, 1.54) is 32.1 Å². The van der Waals surface area contributed by atoms with E-state index in [0.717, 1.165) is 31.1 Å². The maximum atomic E-state index is 11.3. The van der Waals surface area contributed by atoms with Crippen molar-refractivity contribution in [2.24, 2.45) is 5.73 Å². The van der Waals surface area contributed by atoms with Crippen molar-refractivity contribution in [3.05, 3.63) is 0 Å². The van der Waals surface area contributed by atoms with Crippen LogP contribution in [-0.4, -0.2) is 46.3 Å². The lowest BCUT2D eigenvalue weighted by molar-refractivity contribution is 0.204. The molecule has 1 saturated heterocycles. The van der Waals surface area contributed by atoms with Crippen LogP contribution in [0.25, 0.3) is 0 Å². The lowest BCUT2D eigenvalue weighted by Gasteiger charge is -2.33. The smallest absolute Gasteiger partial charge is 0.0363 e. The van der Waals surface area contributed by atoms with Gasteiger partial charge < -0.3 is 5.73 Å². The molecular formula is C12H26N2OS. The molecule has 0 radical (unpaired) electrons. The molecule has 1 heterocycles. The standard InChI is InChI=1S/C12H26N2OS/c1-2-3-4-5-6-12(11-13)14-7-9-16(15)10-8-14/h12H,2-11,13H2,1H3. The van der Waals surface area contributed by atoms with Gasteiger partial charge in [0.05, 0.1) is 0 Å². The van der Waals surface area contributed by atoms with Crippen molar-refractivity contribution in [3.63, 3.8) is 0 Å². The number of hydrogen-bond donors (Lipinski definition) is 1. The molecule has 0 saturated carbocycles. The largest absolute Gasteiger partial charge is 0.329 e. The Labute approximate surface area is 102 Å². The van der Waals surface area contributed by atoms with Gasteiger partial charge in [-0.2, -0.15) is 0 Å². The SMILES string of the molecule is CCCCCCC(CN)N1CCS(=O)CC1. The third kappa shape index (κ3) is 4.93. The molecule has 1 rings (SSSR count). The minimum absolute atomic E-state index is 0.522. The molecule has 1 aliphatic heterocycles. The van der Waals surface area contributed by atoms with Crippen LogP contribution in [0.1, 0.15) is 39.0 Å². The molecule has 0 aromatic rings. The third-order valence-corrected chi connectivity index (χ3v) is 4.67. The zero-order chi connectivity index (χ0) is 11.8. The Bertz CT molecular complexity index is 201. The quantitative estimate of drug-likeness (QED) is 0.690. The number of nitrogens with two attached hydrogens (primary N) is 1. The van der Waals surface area contributed by atoms with Gasteiger partial charge in [-0.15, -0.1) is 0 Å². The van der Waals surface area contributed by atoms with E-state index >= 15 is 0 Å². The maximum Gasteiger partial charge on any atom is 0.0363 e. The highest BCUT2D eigenvalue weighted by Gasteiger charge is 2.21. The third-order valence-electron chi connectivity index (χ3n) is 3.39. The van der Waals surface area contributed by atoms with E-state index < -0.39 is 10.8 Å². The van der Waals surface area contributed by atoms with Gasteiger partial charge in [-0.25, -0.2) is 0 Å². The van der Waals surface area contributed by atoms with Gasteiger partial charge in [0.25, 0.3) is 0 Å². The molecule has 1 fully saturated rings. The Morgan fingerprint density at radius 2 is 1.94 bits per heavy atom.